The summed E-state index contributed by atoms with van der Waals surface area (Å²) in [7, 11) is 0. The van der Waals surface area contributed by atoms with Crippen molar-refractivity contribution in [3.05, 3.63) is 27.6 Å². The van der Waals surface area contributed by atoms with Gasteiger partial charge in [-0.05, 0) is 17.9 Å². The Bertz CT molecular complexity index is 564. The molecule has 0 radical (unpaired) electrons. The summed E-state index contributed by atoms with van der Waals surface area (Å²) in [5.74, 6) is 6.95. The van der Waals surface area contributed by atoms with Gasteiger partial charge < -0.3 is 10.2 Å². The van der Waals surface area contributed by atoms with Crippen LogP contribution in [0.25, 0.3) is 11.4 Å². The fourth-order valence-electron chi connectivity index (χ4n) is 2.06. The average molecular weight is 262 g/mol. The minimum Gasteiger partial charge on any atom is -0.376 e. The molecular formula is C12H14N4OS. The number of nitrogens with two attached hydrogens (primary N) is 1. The highest BCUT2D eigenvalue weighted by Crippen LogP contribution is 2.28. The van der Waals surface area contributed by atoms with E-state index in [0.717, 1.165) is 29.1 Å². The third-order valence-corrected chi connectivity index (χ3v) is 3.92. The van der Waals surface area contributed by atoms with Crippen molar-refractivity contribution in [3.63, 3.8) is 0 Å². The van der Waals surface area contributed by atoms with Gasteiger partial charge in [0, 0.05) is 22.9 Å². The van der Waals surface area contributed by atoms with E-state index in [0.29, 0.717) is 19.0 Å². The maximum absolute atomic E-state index is 5.54. The van der Waals surface area contributed by atoms with Crippen LogP contribution in [0.15, 0.2) is 10.8 Å². The minimum atomic E-state index is 0.526. The molecule has 0 unspecified atom stereocenters. The van der Waals surface area contributed by atoms with Crippen LogP contribution in [-0.4, -0.2) is 16.6 Å². The summed E-state index contributed by atoms with van der Waals surface area (Å²) in [4.78, 5) is 9.13. The zero-order valence-electron chi connectivity index (χ0n) is 10.1. The molecular weight excluding hydrogens is 248 g/mol. The molecule has 94 valence electrons. The fourth-order valence-corrected chi connectivity index (χ4v) is 2.89. The molecule has 0 fully saturated rings. The van der Waals surface area contributed by atoms with E-state index < -0.39 is 0 Å². The first-order valence-corrected chi connectivity index (χ1v) is 6.71. The summed E-state index contributed by atoms with van der Waals surface area (Å²) >= 11 is 1.66. The molecule has 18 heavy (non-hydrogen) atoms. The van der Waals surface area contributed by atoms with Gasteiger partial charge in [0.25, 0.3) is 0 Å². The maximum atomic E-state index is 5.54. The van der Waals surface area contributed by atoms with Crippen molar-refractivity contribution in [2.24, 2.45) is 5.84 Å². The van der Waals surface area contributed by atoms with Gasteiger partial charge in [0.2, 0.25) is 0 Å². The summed E-state index contributed by atoms with van der Waals surface area (Å²) < 4.78 is 5.42. The van der Waals surface area contributed by atoms with Crippen molar-refractivity contribution in [2.45, 2.75) is 20.0 Å². The largest absolute Gasteiger partial charge is 0.376 e. The third kappa shape index (κ3) is 1.88. The van der Waals surface area contributed by atoms with Crippen LogP contribution in [0.4, 0.5) is 5.82 Å². The molecule has 2 aromatic heterocycles. The van der Waals surface area contributed by atoms with Gasteiger partial charge in [0.05, 0.1) is 18.9 Å². The van der Waals surface area contributed by atoms with E-state index in [4.69, 9.17) is 10.6 Å². The van der Waals surface area contributed by atoms with Crippen molar-refractivity contribution < 1.29 is 4.74 Å². The van der Waals surface area contributed by atoms with Gasteiger partial charge in [-0.2, -0.15) is 11.3 Å². The molecule has 3 N–H and O–H groups in total. The Kier molecular flexibility index (Phi) is 2.99. The molecule has 0 saturated carbocycles. The zero-order valence-corrected chi connectivity index (χ0v) is 10.9. The first kappa shape index (κ1) is 11.6. The molecule has 1 aliphatic heterocycles. The van der Waals surface area contributed by atoms with E-state index >= 15 is 0 Å². The van der Waals surface area contributed by atoms with Crippen molar-refractivity contribution >= 4 is 17.2 Å². The lowest BCUT2D eigenvalue weighted by Crippen LogP contribution is -2.19. The second-order valence-electron chi connectivity index (χ2n) is 4.24. The highest BCUT2D eigenvalue weighted by molar-refractivity contribution is 7.08. The summed E-state index contributed by atoms with van der Waals surface area (Å²) in [5.41, 5.74) is 6.92. The number of hydrazine groups is 1. The Balaban J connectivity index is 2.14. The monoisotopic (exact) mass is 262 g/mol. The van der Waals surface area contributed by atoms with Crippen LogP contribution < -0.4 is 11.3 Å². The number of thiophene rings is 1. The number of hydrogen-bond donors (Lipinski definition) is 2. The van der Waals surface area contributed by atoms with Crippen molar-refractivity contribution in [3.8, 4) is 11.4 Å². The van der Waals surface area contributed by atoms with Crippen molar-refractivity contribution in [2.75, 3.05) is 12.0 Å². The van der Waals surface area contributed by atoms with Gasteiger partial charge in [-0.1, -0.05) is 0 Å². The Labute approximate surface area is 109 Å². The summed E-state index contributed by atoms with van der Waals surface area (Å²) in [6.45, 7) is 3.29. The lowest BCUT2D eigenvalue weighted by molar-refractivity contribution is 0.109. The van der Waals surface area contributed by atoms with Crippen LogP contribution in [0.3, 0.4) is 0 Å². The third-order valence-electron chi connectivity index (χ3n) is 3.06. The number of fused-ring (bicyclic) bond motifs is 1. The summed E-state index contributed by atoms with van der Waals surface area (Å²) in [6, 6.07) is 0. The van der Waals surface area contributed by atoms with Crippen LogP contribution in [0, 0.1) is 6.92 Å². The molecule has 0 amide bonds. The van der Waals surface area contributed by atoms with E-state index in [9.17, 15) is 0 Å². The molecule has 0 atom stereocenters. The average Bonchev–Trinajstić information content (AvgIpc) is 2.83. The number of nitrogens with zero attached hydrogens (tertiary/aromatic N) is 2. The summed E-state index contributed by atoms with van der Waals surface area (Å²) in [5, 5.41) is 4.16. The van der Waals surface area contributed by atoms with Crippen LogP contribution in [0.1, 0.15) is 16.8 Å². The normalized spacial score (nSPS) is 14.3. The number of nitrogen functional groups attached to an aromatic ring is 1. The van der Waals surface area contributed by atoms with Gasteiger partial charge in [-0.15, -0.1) is 0 Å². The molecule has 5 nitrogen and oxygen atoms in total. The van der Waals surface area contributed by atoms with Crippen molar-refractivity contribution in [1.29, 1.82) is 0 Å². The highest BCUT2D eigenvalue weighted by Gasteiger charge is 2.19. The smallest absolute Gasteiger partial charge is 0.162 e. The van der Waals surface area contributed by atoms with E-state index in [-0.39, 0.29) is 0 Å². The van der Waals surface area contributed by atoms with E-state index in [1.807, 2.05) is 0 Å². The minimum absolute atomic E-state index is 0.526. The topological polar surface area (TPSA) is 73.1 Å². The highest BCUT2D eigenvalue weighted by atomic mass is 32.1. The second-order valence-corrected chi connectivity index (χ2v) is 4.98. The second kappa shape index (κ2) is 4.64. The fraction of sp³-hybridized carbons (Fsp3) is 0.333. The lowest BCUT2D eigenvalue weighted by atomic mass is 10.1. The van der Waals surface area contributed by atoms with E-state index in [1.54, 1.807) is 11.3 Å². The first-order chi connectivity index (χ1) is 8.79. The van der Waals surface area contributed by atoms with E-state index in [2.05, 4.69) is 33.1 Å². The molecule has 0 spiro atoms. The predicted octanol–water partition coefficient (Wildman–Crippen LogP) is 1.87. The molecule has 2 aromatic rings. The standard InChI is InChI=1S/C12H14N4OS/c1-7-5-18-6-9(7)11-14-10-2-3-17-4-8(10)12(15-11)16-13/h5-6H,2-4,13H2,1H3,(H,14,15,16). The molecule has 3 heterocycles. The molecule has 1 aliphatic rings. The number of aryl methyl sites for hydroxylation is 1. The molecule has 0 aliphatic carbocycles. The number of ether oxygens (including phenoxy) is 1. The number of anilines is 1. The van der Waals surface area contributed by atoms with Gasteiger partial charge in [-0.25, -0.2) is 15.8 Å². The number of aromatic nitrogens is 2. The van der Waals surface area contributed by atoms with Gasteiger partial charge >= 0.3 is 0 Å². The molecule has 0 bridgehead atoms. The Morgan fingerprint density at radius 1 is 1.39 bits per heavy atom. The maximum Gasteiger partial charge on any atom is 0.162 e. The van der Waals surface area contributed by atoms with Gasteiger partial charge in [0.15, 0.2) is 5.82 Å². The number of nitrogens with one attached hydrogen (secondary N) is 1. The van der Waals surface area contributed by atoms with Gasteiger partial charge in [-0.3, -0.25) is 0 Å². The SMILES string of the molecule is Cc1cscc1-c1nc2c(c(NN)n1)COCC2. The van der Waals surface area contributed by atoms with Crippen molar-refractivity contribution in [1.82, 2.24) is 9.97 Å². The zero-order chi connectivity index (χ0) is 12.5. The molecule has 0 saturated heterocycles. The van der Waals surface area contributed by atoms with E-state index in [1.165, 1.54) is 5.56 Å². The predicted molar refractivity (Wildman–Crippen MR) is 71.3 cm³/mol. The quantitative estimate of drug-likeness (QED) is 0.638. The lowest BCUT2D eigenvalue weighted by Gasteiger charge is -2.19. The summed E-state index contributed by atoms with van der Waals surface area (Å²) in [6.07, 6.45) is 0.808. The van der Waals surface area contributed by atoms with Crippen LogP contribution in [0.2, 0.25) is 0 Å². The molecule has 6 heteroatoms. The molecule has 0 aromatic carbocycles. The van der Waals surface area contributed by atoms with Crippen LogP contribution in [0.5, 0.6) is 0 Å². The number of rotatable bonds is 2. The Hall–Kier alpha value is -1.50. The Morgan fingerprint density at radius 3 is 3.00 bits per heavy atom. The number of hydrogen-bond acceptors (Lipinski definition) is 6. The van der Waals surface area contributed by atoms with Crippen LogP contribution >= 0.6 is 11.3 Å². The molecule has 3 rings (SSSR count). The Morgan fingerprint density at radius 2 is 2.28 bits per heavy atom. The first-order valence-electron chi connectivity index (χ1n) is 5.77. The van der Waals surface area contributed by atoms with Crippen LogP contribution in [-0.2, 0) is 17.8 Å². The van der Waals surface area contributed by atoms with Gasteiger partial charge in [0.1, 0.15) is 5.82 Å².